The summed E-state index contributed by atoms with van der Waals surface area (Å²) in [6.45, 7) is 13.5. The van der Waals surface area contributed by atoms with E-state index >= 15 is 0 Å². The highest BCUT2D eigenvalue weighted by atomic mass is 16.5. The predicted molar refractivity (Wildman–Crippen MR) is 73.6 cm³/mol. The van der Waals surface area contributed by atoms with Crippen LogP contribution in [-0.4, -0.2) is 61.6 Å². The molecule has 1 fully saturated rings. The second-order valence-electron chi connectivity index (χ2n) is 5.94. The van der Waals surface area contributed by atoms with Crippen molar-refractivity contribution >= 4 is 5.97 Å². The molecule has 106 valence electrons. The molecular formula is C14H28N2O2. The van der Waals surface area contributed by atoms with E-state index in [0.29, 0.717) is 6.04 Å². The summed E-state index contributed by atoms with van der Waals surface area (Å²) in [4.78, 5) is 16.6. The molecule has 0 saturated carbocycles. The van der Waals surface area contributed by atoms with Gasteiger partial charge in [0.1, 0.15) is 0 Å². The van der Waals surface area contributed by atoms with Crippen molar-refractivity contribution in [3.63, 3.8) is 0 Å². The van der Waals surface area contributed by atoms with Crippen molar-refractivity contribution in [1.82, 2.24) is 9.80 Å². The summed E-state index contributed by atoms with van der Waals surface area (Å²) < 4.78 is 4.86. The van der Waals surface area contributed by atoms with Gasteiger partial charge in [0.25, 0.3) is 0 Å². The third kappa shape index (κ3) is 3.95. The summed E-state index contributed by atoms with van der Waals surface area (Å²) >= 11 is 0. The van der Waals surface area contributed by atoms with Crippen molar-refractivity contribution in [3.8, 4) is 0 Å². The van der Waals surface area contributed by atoms with Gasteiger partial charge in [0, 0.05) is 38.8 Å². The lowest BCUT2D eigenvalue weighted by atomic mass is 9.92. The van der Waals surface area contributed by atoms with Crippen LogP contribution < -0.4 is 0 Å². The maximum absolute atomic E-state index is 11.7. The number of carbonyl (C=O) groups excluding carboxylic acids is 1. The Hall–Kier alpha value is -0.610. The molecule has 0 amide bonds. The zero-order valence-electron chi connectivity index (χ0n) is 12.5. The van der Waals surface area contributed by atoms with Gasteiger partial charge in [-0.3, -0.25) is 14.6 Å². The van der Waals surface area contributed by atoms with E-state index < -0.39 is 5.41 Å². The zero-order chi connectivity index (χ0) is 13.8. The molecule has 0 aromatic carbocycles. The molecule has 1 aliphatic rings. The topological polar surface area (TPSA) is 32.8 Å². The van der Waals surface area contributed by atoms with E-state index in [1.165, 1.54) is 13.5 Å². The van der Waals surface area contributed by atoms with Gasteiger partial charge in [0.2, 0.25) is 0 Å². The molecule has 0 N–H and O–H groups in total. The smallest absolute Gasteiger partial charge is 0.312 e. The van der Waals surface area contributed by atoms with Gasteiger partial charge in [-0.15, -0.1) is 0 Å². The third-order valence-electron chi connectivity index (χ3n) is 3.98. The zero-order valence-corrected chi connectivity index (χ0v) is 12.5. The standard InChI is InChI=1S/C14H28N2O2/c1-6-12(2)16-9-7-15(8-10-16)11-14(3,4)13(17)18-5/h12H,6-11H2,1-5H3. The summed E-state index contributed by atoms with van der Waals surface area (Å²) in [5.41, 5.74) is -0.409. The van der Waals surface area contributed by atoms with E-state index in [2.05, 4.69) is 23.6 Å². The summed E-state index contributed by atoms with van der Waals surface area (Å²) in [6.07, 6.45) is 1.20. The fraction of sp³-hybridized carbons (Fsp3) is 0.929. The fourth-order valence-electron chi connectivity index (χ4n) is 2.52. The van der Waals surface area contributed by atoms with Crippen LogP contribution in [0, 0.1) is 5.41 Å². The van der Waals surface area contributed by atoms with Crippen molar-refractivity contribution < 1.29 is 9.53 Å². The molecular weight excluding hydrogens is 228 g/mol. The molecule has 1 rings (SSSR count). The lowest BCUT2D eigenvalue weighted by Gasteiger charge is -2.40. The molecule has 0 radical (unpaired) electrons. The summed E-state index contributed by atoms with van der Waals surface area (Å²) in [5, 5.41) is 0. The largest absolute Gasteiger partial charge is 0.469 e. The van der Waals surface area contributed by atoms with Crippen LogP contribution in [0.4, 0.5) is 0 Å². The molecule has 1 saturated heterocycles. The Bertz CT molecular complexity index is 271. The van der Waals surface area contributed by atoms with Crippen molar-refractivity contribution in [2.75, 3.05) is 39.8 Å². The molecule has 4 nitrogen and oxygen atoms in total. The Morgan fingerprint density at radius 2 is 1.83 bits per heavy atom. The van der Waals surface area contributed by atoms with Crippen LogP contribution in [0.25, 0.3) is 0 Å². The minimum atomic E-state index is -0.409. The highest BCUT2D eigenvalue weighted by molar-refractivity contribution is 5.76. The first-order chi connectivity index (χ1) is 8.40. The first kappa shape index (κ1) is 15.4. The van der Waals surface area contributed by atoms with Gasteiger partial charge >= 0.3 is 5.97 Å². The van der Waals surface area contributed by atoms with Crippen LogP contribution in [0.3, 0.4) is 0 Å². The van der Waals surface area contributed by atoms with Crippen LogP contribution in [-0.2, 0) is 9.53 Å². The summed E-state index contributed by atoms with van der Waals surface area (Å²) in [7, 11) is 1.46. The highest BCUT2D eigenvalue weighted by Gasteiger charge is 2.32. The second kappa shape index (κ2) is 6.53. The number of hydrogen-bond acceptors (Lipinski definition) is 4. The molecule has 4 heteroatoms. The molecule has 0 aromatic heterocycles. The molecule has 1 unspecified atom stereocenters. The quantitative estimate of drug-likeness (QED) is 0.700. The normalized spacial score (nSPS) is 20.7. The van der Waals surface area contributed by atoms with Crippen LogP contribution in [0.15, 0.2) is 0 Å². The minimum Gasteiger partial charge on any atom is -0.469 e. The molecule has 1 heterocycles. The summed E-state index contributed by atoms with van der Waals surface area (Å²) in [5.74, 6) is -0.119. The average molecular weight is 256 g/mol. The number of methoxy groups -OCH3 is 1. The van der Waals surface area contributed by atoms with Crippen LogP contribution in [0.1, 0.15) is 34.1 Å². The second-order valence-corrected chi connectivity index (χ2v) is 5.94. The maximum Gasteiger partial charge on any atom is 0.312 e. The number of carbonyl (C=O) groups is 1. The van der Waals surface area contributed by atoms with Gasteiger partial charge in [0.15, 0.2) is 0 Å². The third-order valence-corrected chi connectivity index (χ3v) is 3.98. The molecule has 18 heavy (non-hydrogen) atoms. The number of ether oxygens (including phenoxy) is 1. The predicted octanol–water partition coefficient (Wildman–Crippen LogP) is 1.60. The molecule has 1 aliphatic heterocycles. The molecule has 0 bridgehead atoms. The van der Waals surface area contributed by atoms with Crippen molar-refractivity contribution in [1.29, 1.82) is 0 Å². The van der Waals surface area contributed by atoms with Crippen molar-refractivity contribution in [3.05, 3.63) is 0 Å². The van der Waals surface area contributed by atoms with Crippen molar-refractivity contribution in [2.45, 2.75) is 40.2 Å². The van der Waals surface area contributed by atoms with Gasteiger partial charge in [-0.2, -0.15) is 0 Å². The van der Waals surface area contributed by atoms with Crippen LogP contribution in [0.5, 0.6) is 0 Å². The van der Waals surface area contributed by atoms with Crippen LogP contribution in [0.2, 0.25) is 0 Å². The SMILES string of the molecule is CCC(C)N1CCN(CC(C)(C)C(=O)OC)CC1. The first-order valence-corrected chi connectivity index (χ1v) is 6.95. The molecule has 1 atom stereocenters. The van der Waals surface area contributed by atoms with Crippen LogP contribution >= 0.6 is 0 Å². The van der Waals surface area contributed by atoms with E-state index in [-0.39, 0.29) is 5.97 Å². The number of nitrogens with zero attached hydrogens (tertiary/aromatic N) is 2. The van der Waals surface area contributed by atoms with Gasteiger partial charge in [-0.1, -0.05) is 6.92 Å². The number of hydrogen-bond donors (Lipinski definition) is 0. The van der Waals surface area contributed by atoms with Gasteiger partial charge < -0.3 is 4.74 Å². The van der Waals surface area contributed by atoms with E-state index in [9.17, 15) is 4.79 Å². The minimum absolute atomic E-state index is 0.119. The Labute approximate surface area is 111 Å². The lowest BCUT2D eigenvalue weighted by Crippen LogP contribution is -2.52. The Balaban J connectivity index is 2.42. The first-order valence-electron chi connectivity index (χ1n) is 6.95. The van der Waals surface area contributed by atoms with Crippen molar-refractivity contribution in [2.24, 2.45) is 5.41 Å². The van der Waals surface area contributed by atoms with Gasteiger partial charge in [-0.05, 0) is 27.2 Å². The number of piperazine rings is 1. The lowest BCUT2D eigenvalue weighted by molar-refractivity contribution is -0.152. The fourth-order valence-corrected chi connectivity index (χ4v) is 2.52. The highest BCUT2D eigenvalue weighted by Crippen LogP contribution is 2.20. The maximum atomic E-state index is 11.7. The van der Waals surface area contributed by atoms with E-state index in [1.54, 1.807) is 0 Å². The van der Waals surface area contributed by atoms with Gasteiger partial charge in [-0.25, -0.2) is 0 Å². The monoisotopic (exact) mass is 256 g/mol. The molecule has 0 spiro atoms. The van der Waals surface area contributed by atoms with E-state index in [4.69, 9.17) is 4.74 Å². The Kier molecular flexibility index (Phi) is 5.60. The number of esters is 1. The molecule has 0 aromatic rings. The molecule has 0 aliphatic carbocycles. The van der Waals surface area contributed by atoms with E-state index in [1.807, 2.05) is 13.8 Å². The van der Waals surface area contributed by atoms with Gasteiger partial charge in [0.05, 0.1) is 12.5 Å². The van der Waals surface area contributed by atoms with E-state index in [0.717, 1.165) is 32.7 Å². The summed E-state index contributed by atoms with van der Waals surface area (Å²) in [6, 6.07) is 0.667. The Morgan fingerprint density at radius 1 is 1.28 bits per heavy atom. The number of rotatable bonds is 5. The Morgan fingerprint density at radius 3 is 2.28 bits per heavy atom. The average Bonchev–Trinajstić information content (AvgIpc) is 2.37.